The Morgan fingerprint density at radius 3 is 1.50 bits per heavy atom. The molecule has 2 fully saturated rings. The molecule has 0 bridgehead atoms. The van der Waals surface area contributed by atoms with E-state index in [1.165, 1.54) is 145 Å². The minimum Gasteiger partial charge on any atom is -0.372 e. The van der Waals surface area contributed by atoms with Gasteiger partial charge in [-0.05, 0) is 151 Å². The van der Waals surface area contributed by atoms with Gasteiger partial charge >= 0.3 is 0 Å². The van der Waals surface area contributed by atoms with Crippen LogP contribution in [0.25, 0.3) is 89.0 Å². The fourth-order valence-corrected chi connectivity index (χ4v) is 10.6. The lowest BCUT2D eigenvalue weighted by atomic mass is 9.81. The van der Waals surface area contributed by atoms with Crippen molar-refractivity contribution in [2.75, 3.05) is 31.1 Å². The molecule has 0 radical (unpaired) electrons. The third kappa shape index (κ3) is 6.14. The third-order valence-corrected chi connectivity index (χ3v) is 13.4. The summed E-state index contributed by atoms with van der Waals surface area (Å²) in [5, 5.41) is 10.6. The molecule has 0 spiro atoms. The Kier molecular flexibility index (Phi) is 9.16. The maximum absolute atomic E-state index is 2.76. The normalized spacial score (nSPS) is 17.2. The zero-order valence-corrected chi connectivity index (χ0v) is 33.3. The number of hydrogen-bond donors (Lipinski definition) is 0. The Balaban J connectivity index is 1.26. The monoisotopic (exact) mass is 750 g/mol. The molecule has 0 amide bonds. The summed E-state index contributed by atoms with van der Waals surface area (Å²) in [5.41, 5.74) is 11.9. The van der Waals surface area contributed by atoms with Gasteiger partial charge in [-0.25, -0.2) is 0 Å². The van der Waals surface area contributed by atoms with E-state index < -0.39 is 0 Å². The molecule has 3 aliphatic rings. The summed E-state index contributed by atoms with van der Waals surface area (Å²) in [5.74, 6) is 0. The van der Waals surface area contributed by atoms with Crippen LogP contribution in [0.2, 0.25) is 0 Å². The van der Waals surface area contributed by atoms with Crippen LogP contribution in [-0.2, 0) is 0 Å². The minimum absolute atomic E-state index is 0.377. The molecule has 11 rings (SSSR count). The van der Waals surface area contributed by atoms with Crippen LogP contribution in [0.3, 0.4) is 0 Å². The molecule has 58 heavy (non-hydrogen) atoms. The second-order valence-corrected chi connectivity index (χ2v) is 16.8. The smallest absolute Gasteiger partial charge is 0.0372 e. The molecule has 8 aromatic rings. The largest absolute Gasteiger partial charge is 0.372 e. The van der Waals surface area contributed by atoms with Crippen molar-refractivity contribution in [3.63, 3.8) is 0 Å². The van der Waals surface area contributed by atoms with E-state index >= 15 is 0 Å². The van der Waals surface area contributed by atoms with Crippen molar-refractivity contribution in [1.82, 2.24) is 4.90 Å². The topological polar surface area (TPSA) is 6.48 Å². The Labute approximate surface area is 342 Å². The molecule has 2 heteroatoms. The van der Waals surface area contributed by atoms with Gasteiger partial charge in [-0.15, -0.1) is 0 Å². The molecule has 2 saturated heterocycles. The van der Waals surface area contributed by atoms with E-state index in [9.17, 15) is 0 Å². The van der Waals surface area contributed by atoms with Crippen LogP contribution in [0.1, 0.15) is 44.9 Å². The molecule has 8 aromatic carbocycles. The Hall–Kier alpha value is -5.96. The average Bonchev–Trinajstić information content (AvgIpc) is 3.30. The fourth-order valence-electron chi connectivity index (χ4n) is 10.6. The predicted molar refractivity (Wildman–Crippen MR) is 249 cm³/mol. The van der Waals surface area contributed by atoms with Crippen molar-refractivity contribution in [3.05, 3.63) is 162 Å². The van der Waals surface area contributed by atoms with Crippen LogP contribution in [0, 0.1) is 0 Å². The number of rotatable bonds is 6. The first-order chi connectivity index (χ1) is 28.8. The highest BCUT2D eigenvalue weighted by Gasteiger charge is 2.26. The second-order valence-electron chi connectivity index (χ2n) is 16.8. The van der Waals surface area contributed by atoms with Crippen molar-refractivity contribution < 1.29 is 0 Å². The summed E-state index contributed by atoms with van der Waals surface area (Å²) in [6, 6.07) is 57.7. The molecule has 0 N–H and O–H groups in total. The molecule has 0 aromatic heterocycles. The van der Waals surface area contributed by atoms with Crippen molar-refractivity contribution >= 4 is 50.2 Å². The van der Waals surface area contributed by atoms with Gasteiger partial charge in [0, 0.05) is 24.8 Å². The number of nitrogens with zero attached hydrogens (tertiary/aromatic N) is 2. The highest BCUT2D eigenvalue weighted by molar-refractivity contribution is 6.12. The van der Waals surface area contributed by atoms with Gasteiger partial charge < -0.3 is 4.90 Å². The number of piperidine rings is 2. The molecule has 2 heterocycles. The lowest BCUT2D eigenvalue weighted by Gasteiger charge is -2.34. The number of likely N-dealkylation sites (tertiary alicyclic amines) is 1. The van der Waals surface area contributed by atoms with E-state index in [0.717, 1.165) is 19.5 Å². The van der Waals surface area contributed by atoms with Gasteiger partial charge in [0.1, 0.15) is 0 Å². The van der Waals surface area contributed by atoms with Crippen LogP contribution >= 0.6 is 0 Å². The number of anilines is 1. The quantitative estimate of drug-likeness (QED) is 0.167. The molecule has 2 nitrogen and oxygen atoms in total. The van der Waals surface area contributed by atoms with E-state index in [2.05, 4.69) is 174 Å². The first-order valence-corrected chi connectivity index (χ1v) is 21.8. The molecule has 0 saturated carbocycles. The highest BCUT2D eigenvalue weighted by atomic mass is 15.2. The maximum Gasteiger partial charge on any atom is 0.0372 e. The SMILES string of the molecule is C1=c2c(-c3ccccc3-c3cccc4ccccc34)c3ccc(N4CCCCC4)cc3c(-c3ccccc3-c3cccc4ccccc34)c2=CCC1N1CCCCC1. The zero-order chi connectivity index (χ0) is 38.4. The third-order valence-electron chi connectivity index (χ3n) is 13.4. The van der Waals surface area contributed by atoms with Crippen molar-refractivity contribution in [2.24, 2.45) is 0 Å². The number of benzene rings is 8. The average molecular weight is 751 g/mol. The molecule has 1 aliphatic carbocycles. The van der Waals surface area contributed by atoms with E-state index in [0.29, 0.717) is 6.04 Å². The highest BCUT2D eigenvalue weighted by Crippen LogP contribution is 2.43. The van der Waals surface area contributed by atoms with Crippen LogP contribution in [0.4, 0.5) is 5.69 Å². The Morgan fingerprint density at radius 2 is 0.879 bits per heavy atom. The number of hydrogen-bond acceptors (Lipinski definition) is 2. The maximum atomic E-state index is 2.76. The Bertz CT molecular complexity index is 2950. The summed E-state index contributed by atoms with van der Waals surface area (Å²) in [7, 11) is 0. The van der Waals surface area contributed by atoms with Crippen molar-refractivity contribution in [1.29, 1.82) is 0 Å². The lowest BCUT2D eigenvalue weighted by molar-refractivity contribution is 0.201. The van der Waals surface area contributed by atoms with E-state index in [4.69, 9.17) is 0 Å². The van der Waals surface area contributed by atoms with E-state index in [-0.39, 0.29) is 0 Å². The molecule has 1 unspecified atom stereocenters. The summed E-state index contributed by atoms with van der Waals surface area (Å²) in [6.45, 7) is 4.59. The zero-order valence-electron chi connectivity index (χ0n) is 33.3. The second kappa shape index (κ2) is 15.1. The lowest BCUT2D eigenvalue weighted by Crippen LogP contribution is -2.43. The summed E-state index contributed by atoms with van der Waals surface area (Å²) in [6.07, 6.45) is 14.1. The van der Waals surface area contributed by atoms with Gasteiger partial charge in [0.15, 0.2) is 0 Å². The van der Waals surface area contributed by atoms with Crippen molar-refractivity contribution in [3.8, 4) is 44.5 Å². The number of fused-ring (bicyclic) bond motifs is 4. The van der Waals surface area contributed by atoms with Crippen molar-refractivity contribution in [2.45, 2.75) is 51.0 Å². The van der Waals surface area contributed by atoms with Gasteiger partial charge in [0.2, 0.25) is 0 Å². The fraction of sp³-hybridized carbons (Fsp3) is 0.214. The minimum atomic E-state index is 0.377. The first kappa shape index (κ1) is 35.2. The van der Waals surface area contributed by atoms with E-state index in [1.807, 2.05) is 0 Å². The molecular weight excluding hydrogens is 701 g/mol. The van der Waals surface area contributed by atoms with Gasteiger partial charge in [-0.3, -0.25) is 4.90 Å². The summed E-state index contributed by atoms with van der Waals surface area (Å²) in [4.78, 5) is 5.39. The molecule has 284 valence electrons. The molecule has 1 atom stereocenters. The molecular formula is C56H50N2. The summed E-state index contributed by atoms with van der Waals surface area (Å²) < 4.78 is 0. The van der Waals surface area contributed by atoms with E-state index in [1.54, 1.807) is 0 Å². The predicted octanol–water partition coefficient (Wildman–Crippen LogP) is 12.6. The van der Waals surface area contributed by atoms with Gasteiger partial charge in [-0.1, -0.05) is 158 Å². The Morgan fingerprint density at radius 1 is 0.379 bits per heavy atom. The van der Waals surface area contributed by atoms with Crippen LogP contribution < -0.4 is 15.3 Å². The first-order valence-electron chi connectivity index (χ1n) is 21.8. The standard InChI is InChI=1S/C56H50N2/c1-11-33-57(34-12-1)41-29-31-51-53(37-41)55(49-25-9-7-23-47(49)45-27-15-19-39-17-3-5-21-43(39)45)52-32-30-42(58-35-13-2-14-36-58)38-54(52)56(51)50-26-10-8-24-48(50)46-28-16-20-40-18-4-6-22-44(40)46/h3-10,15-29,31-32,37-38,42H,1-2,11-14,30,33-36H2. The van der Waals surface area contributed by atoms with Crippen LogP contribution in [-0.4, -0.2) is 37.1 Å². The van der Waals surface area contributed by atoms with Crippen LogP contribution in [0.5, 0.6) is 0 Å². The van der Waals surface area contributed by atoms with Gasteiger partial charge in [0.05, 0.1) is 0 Å². The molecule has 2 aliphatic heterocycles. The summed E-state index contributed by atoms with van der Waals surface area (Å²) >= 11 is 0. The van der Waals surface area contributed by atoms with Gasteiger partial charge in [0.25, 0.3) is 0 Å². The van der Waals surface area contributed by atoms with Gasteiger partial charge in [-0.2, -0.15) is 0 Å². The van der Waals surface area contributed by atoms with Crippen LogP contribution in [0.15, 0.2) is 152 Å².